The first-order valence-electron chi connectivity index (χ1n) is 7.00. The van der Waals surface area contributed by atoms with Gasteiger partial charge in [-0.25, -0.2) is 0 Å². The second-order valence-corrected chi connectivity index (χ2v) is 6.54. The summed E-state index contributed by atoms with van der Waals surface area (Å²) in [5, 5.41) is 8.89. The Morgan fingerprint density at radius 1 is 1.48 bits per heavy atom. The van der Waals surface area contributed by atoms with E-state index in [1.54, 1.807) is 12.1 Å². The lowest BCUT2D eigenvalue weighted by Gasteiger charge is -2.42. The highest BCUT2D eigenvalue weighted by Gasteiger charge is 2.71. The fourth-order valence-corrected chi connectivity index (χ4v) is 4.22. The topological polar surface area (TPSA) is 59.3 Å². The van der Waals surface area contributed by atoms with Crippen molar-refractivity contribution in [3.05, 3.63) is 35.4 Å². The van der Waals surface area contributed by atoms with Crippen molar-refractivity contribution >= 4 is 28.6 Å². The Morgan fingerprint density at radius 2 is 2.14 bits per heavy atom. The average molecular weight is 397 g/mol. The number of ether oxygens (including phenoxy) is 2. The van der Waals surface area contributed by atoms with Crippen molar-refractivity contribution in [2.45, 2.75) is 31.5 Å². The van der Waals surface area contributed by atoms with Gasteiger partial charge in [-0.05, 0) is 37.5 Å². The fraction of sp³-hybridized carbons (Fsp3) is 0.500. The van der Waals surface area contributed by atoms with E-state index >= 15 is 0 Å². The van der Waals surface area contributed by atoms with Gasteiger partial charge in [-0.15, -0.1) is 0 Å². The van der Waals surface area contributed by atoms with Gasteiger partial charge in [0.1, 0.15) is 5.41 Å². The minimum Gasteiger partial charge on any atom is -0.465 e. The van der Waals surface area contributed by atoms with Crippen LogP contribution < -0.4 is 0 Å². The third-order valence-electron chi connectivity index (χ3n) is 4.41. The Labute approximate surface area is 137 Å². The van der Waals surface area contributed by atoms with Gasteiger partial charge in [0.15, 0.2) is 0 Å². The maximum Gasteiger partial charge on any atom is 0.315 e. The van der Waals surface area contributed by atoms with Gasteiger partial charge in [-0.1, -0.05) is 34.7 Å². The Morgan fingerprint density at radius 3 is 2.67 bits per heavy atom. The zero-order valence-electron chi connectivity index (χ0n) is 11.8. The largest absolute Gasteiger partial charge is 0.465 e. The minimum absolute atomic E-state index is 0.155. The molecule has 0 amide bonds. The second kappa shape index (κ2) is 5.25. The summed E-state index contributed by atoms with van der Waals surface area (Å²) in [6.07, 6.45) is 1.19. The molecule has 4 nitrogen and oxygen atoms in total. The van der Waals surface area contributed by atoms with Gasteiger partial charge in [-0.2, -0.15) is 5.26 Å². The molecule has 2 saturated heterocycles. The van der Waals surface area contributed by atoms with Crippen LogP contribution in [0.3, 0.4) is 0 Å². The first-order chi connectivity index (χ1) is 10.1. The quantitative estimate of drug-likeness (QED) is 0.445. The lowest BCUT2D eigenvalue weighted by atomic mass is 9.60. The molecule has 2 aliphatic heterocycles. The molecule has 3 aliphatic rings. The van der Waals surface area contributed by atoms with Crippen molar-refractivity contribution in [2.24, 2.45) is 5.41 Å². The van der Waals surface area contributed by atoms with Crippen molar-refractivity contribution in [3.8, 4) is 6.07 Å². The molecule has 1 atom stereocenters. The number of nitriles is 1. The predicted octanol–water partition coefficient (Wildman–Crippen LogP) is 3.15. The number of hydrogen-bond acceptors (Lipinski definition) is 4. The second-order valence-electron chi connectivity index (χ2n) is 5.78. The van der Waals surface area contributed by atoms with E-state index in [0.29, 0.717) is 12.2 Å². The molecular formula is C16H16INO3. The number of rotatable bonds is 4. The molecule has 21 heavy (non-hydrogen) atoms. The van der Waals surface area contributed by atoms with Crippen LogP contribution in [0, 0.1) is 16.7 Å². The monoisotopic (exact) mass is 397 g/mol. The number of halogens is 1. The molecule has 0 aromatic heterocycles. The number of fused-ring (bicyclic) bond motifs is 1. The summed E-state index contributed by atoms with van der Waals surface area (Å²) < 4.78 is 12.4. The highest BCUT2D eigenvalue weighted by atomic mass is 127. The molecule has 110 valence electrons. The predicted molar refractivity (Wildman–Crippen MR) is 84.9 cm³/mol. The summed E-state index contributed by atoms with van der Waals surface area (Å²) >= 11 is 2.32. The van der Waals surface area contributed by atoms with E-state index in [9.17, 15) is 4.79 Å². The van der Waals surface area contributed by atoms with Crippen LogP contribution in [0.1, 0.15) is 37.0 Å². The van der Waals surface area contributed by atoms with E-state index in [0.717, 1.165) is 22.8 Å². The summed E-state index contributed by atoms with van der Waals surface area (Å²) in [5.74, 6) is -0.155. The van der Waals surface area contributed by atoms with Gasteiger partial charge < -0.3 is 9.47 Å². The van der Waals surface area contributed by atoms with Crippen molar-refractivity contribution in [2.75, 3.05) is 11.0 Å². The molecule has 0 spiro atoms. The molecular weight excluding hydrogens is 381 g/mol. The Kier molecular flexibility index (Phi) is 3.70. The first-order valence-corrected chi connectivity index (χ1v) is 8.53. The third kappa shape index (κ3) is 2.16. The van der Waals surface area contributed by atoms with Crippen LogP contribution in [0.15, 0.2) is 24.3 Å². The van der Waals surface area contributed by atoms with Crippen molar-refractivity contribution in [3.63, 3.8) is 0 Å². The van der Waals surface area contributed by atoms with Gasteiger partial charge in [0.25, 0.3) is 0 Å². The zero-order chi connectivity index (χ0) is 15.1. The summed E-state index contributed by atoms with van der Waals surface area (Å²) in [6.45, 7) is 2.21. The van der Waals surface area contributed by atoms with Crippen LogP contribution in [0.5, 0.6) is 0 Å². The average Bonchev–Trinajstić information content (AvgIpc) is 2.99. The number of benzene rings is 1. The molecule has 5 heteroatoms. The number of carbonyl (C=O) groups excluding carboxylic acids is 1. The smallest absolute Gasteiger partial charge is 0.315 e. The van der Waals surface area contributed by atoms with E-state index in [2.05, 4.69) is 28.7 Å². The van der Waals surface area contributed by atoms with Crippen LogP contribution in [0.25, 0.3) is 0 Å². The van der Waals surface area contributed by atoms with Gasteiger partial charge in [-0.3, -0.25) is 4.79 Å². The van der Waals surface area contributed by atoms with Crippen LogP contribution in [0.2, 0.25) is 0 Å². The van der Waals surface area contributed by atoms with E-state index in [1.807, 2.05) is 19.1 Å². The molecule has 0 radical (unpaired) electrons. The highest BCUT2D eigenvalue weighted by molar-refractivity contribution is 14.1. The van der Waals surface area contributed by atoms with Crippen LogP contribution in [-0.2, 0) is 14.3 Å². The maximum atomic E-state index is 12.4. The number of esters is 1. The van der Waals surface area contributed by atoms with Crippen LogP contribution >= 0.6 is 22.6 Å². The fourth-order valence-electron chi connectivity index (χ4n) is 3.50. The van der Waals surface area contributed by atoms with Crippen molar-refractivity contribution < 1.29 is 14.3 Å². The van der Waals surface area contributed by atoms with Gasteiger partial charge in [0.05, 0.1) is 29.9 Å². The summed E-state index contributed by atoms with van der Waals surface area (Å²) in [4.78, 5) is 12.4. The molecule has 0 N–H and O–H groups in total. The molecule has 2 bridgehead atoms. The third-order valence-corrected chi connectivity index (χ3v) is 5.80. The molecule has 1 saturated carbocycles. The first kappa shape index (κ1) is 14.8. The highest BCUT2D eigenvalue weighted by Crippen LogP contribution is 2.68. The SMILES string of the molecule is CCOC(=O)C12CC(CI)(C1)OC2c1ccc(C#N)cc1. The molecule has 2 heterocycles. The number of hydrogen-bond donors (Lipinski definition) is 0. The standard InChI is InChI=1S/C16H16INO3/c1-2-20-14(19)16-8-15(9-16,10-17)21-13(16)12-5-3-11(7-18)4-6-12/h3-6,13H,2,8-10H2,1H3. The van der Waals surface area contributed by atoms with Crippen LogP contribution in [-0.4, -0.2) is 22.6 Å². The van der Waals surface area contributed by atoms with E-state index in [-0.39, 0.29) is 17.7 Å². The molecule has 1 aromatic rings. The molecule has 1 aromatic carbocycles. The lowest BCUT2D eigenvalue weighted by Crippen LogP contribution is -2.50. The summed E-state index contributed by atoms with van der Waals surface area (Å²) in [7, 11) is 0. The number of nitrogens with zero attached hydrogens (tertiary/aromatic N) is 1. The van der Waals surface area contributed by atoms with Gasteiger partial charge in [0.2, 0.25) is 0 Å². The lowest BCUT2D eigenvalue weighted by molar-refractivity contribution is -0.161. The number of alkyl halides is 1. The molecule has 1 aliphatic carbocycles. The number of carbonyl (C=O) groups is 1. The van der Waals surface area contributed by atoms with E-state index in [1.165, 1.54) is 0 Å². The Hall–Kier alpha value is -1.13. The summed E-state index contributed by atoms with van der Waals surface area (Å²) in [6, 6.07) is 9.40. The van der Waals surface area contributed by atoms with Gasteiger partial charge >= 0.3 is 5.97 Å². The van der Waals surface area contributed by atoms with Gasteiger partial charge in [0, 0.05) is 4.43 Å². The van der Waals surface area contributed by atoms with Crippen LogP contribution in [0.4, 0.5) is 0 Å². The molecule has 3 fully saturated rings. The Bertz CT molecular complexity index is 599. The maximum absolute atomic E-state index is 12.4. The van der Waals surface area contributed by atoms with E-state index in [4.69, 9.17) is 14.7 Å². The Balaban J connectivity index is 1.92. The van der Waals surface area contributed by atoms with Crippen molar-refractivity contribution in [1.29, 1.82) is 5.26 Å². The normalized spacial score (nSPS) is 33.1. The summed E-state index contributed by atoms with van der Waals surface area (Å²) in [5.41, 5.74) is 0.825. The zero-order valence-corrected chi connectivity index (χ0v) is 13.9. The molecule has 4 rings (SSSR count). The minimum atomic E-state index is -0.546. The van der Waals surface area contributed by atoms with E-state index < -0.39 is 5.41 Å². The van der Waals surface area contributed by atoms with Crippen molar-refractivity contribution in [1.82, 2.24) is 0 Å². The molecule has 1 unspecified atom stereocenters.